The SMILES string of the molecule is CCCCCCSc1c(N)cccc1Cl. The summed E-state index contributed by atoms with van der Waals surface area (Å²) in [6.07, 6.45) is 5.13. The number of thioether (sulfide) groups is 1. The van der Waals surface area contributed by atoms with Crippen LogP contribution in [0.5, 0.6) is 0 Å². The largest absolute Gasteiger partial charge is 0.398 e. The topological polar surface area (TPSA) is 26.0 Å². The highest BCUT2D eigenvalue weighted by molar-refractivity contribution is 7.99. The summed E-state index contributed by atoms with van der Waals surface area (Å²) in [4.78, 5) is 1.04. The van der Waals surface area contributed by atoms with E-state index < -0.39 is 0 Å². The molecule has 0 aliphatic rings. The van der Waals surface area contributed by atoms with Crippen molar-refractivity contribution in [1.82, 2.24) is 0 Å². The van der Waals surface area contributed by atoms with E-state index in [-0.39, 0.29) is 0 Å². The minimum absolute atomic E-state index is 0.774. The van der Waals surface area contributed by atoms with Gasteiger partial charge in [-0.3, -0.25) is 0 Å². The van der Waals surface area contributed by atoms with E-state index in [0.717, 1.165) is 21.4 Å². The van der Waals surface area contributed by atoms with Gasteiger partial charge in [0.2, 0.25) is 0 Å². The second-order valence-electron chi connectivity index (χ2n) is 3.57. The van der Waals surface area contributed by atoms with E-state index in [1.165, 1.54) is 25.7 Å². The summed E-state index contributed by atoms with van der Waals surface area (Å²) in [5.74, 6) is 1.11. The van der Waals surface area contributed by atoms with Gasteiger partial charge in [0.25, 0.3) is 0 Å². The zero-order valence-corrected chi connectivity index (χ0v) is 10.7. The first kappa shape index (κ1) is 12.7. The van der Waals surface area contributed by atoms with Crippen molar-refractivity contribution >= 4 is 29.1 Å². The van der Waals surface area contributed by atoms with Crippen molar-refractivity contribution in [3.05, 3.63) is 23.2 Å². The summed E-state index contributed by atoms with van der Waals surface area (Å²) in [6.45, 7) is 2.22. The highest BCUT2D eigenvalue weighted by Crippen LogP contribution is 2.32. The van der Waals surface area contributed by atoms with Gasteiger partial charge in [0.15, 0.2) is 0 Å². The third-order valence-corrected chi connectivity index (χ3v) is 3.91. The fraction of sp³-hybridized carbons (Fsp3) is 0.500. The molecule has 0 aromatic heterocycles. The quantitative estimate of drug-likeness (QED) is 0.449. The van der Waals surface area contributed by atoms with Crippen LogP contribution in [0.4, 0.5) is 5.69 Å². The van der Waals surface area contributed by atoms with Crippen LogP contribution in [-0.2, 0) is 0 Å². The van der Waals surface area contributed by atoms with Crippen molar-refractivity contribution in [2.45, 2.75) is 37.5 Å². The Morgan fingerprint density at radius 1 is 1.27 bits per heavy atom. The summed E-state index contributed by atoms with van der Waals surface area (Å²) >= 11 is 7.84. The summed E-state index contributed by atoms with van der Waals surface area (Å²) in [5, 5.41) is 0.774. The van der Waals surface area contributed by atoms with Gasteiger partial charge in [-0.25, -0.2) is 0 Å². The van der Waals surface area contributed by atoms with Gasteiger partial charge in [0.05, 0.1) is 5.02 Å². The van der Waals surface area contributed by atoms with E-state index >= 15 is 0 Å². The molecule has 0 atom stereocenters. The lowest BCUT2D eigenvalue weighted by atomic mass is 10.2. The Morgan fingerprint density at radius 2 is 2.07 bits per heavy atom. The number of halogens is 1. The molecule has 0 unspecified atom stereocenters. The average molecular weight is 244 g/mol. The molecule has 0 fully saturated rings. The Balaban J connectivity index is 2.37. The van der Waals surface area contributed by atoms with Crippen LogP contribution >= 0.6 is 23.4 Å². The number of benzene rings is 1. The number of hydrogen-bond acceptors (Lipinski definition) is 2. The molecule has 0 aliphatic heterocycles. The maximum Gasteiger partial charge on any atom is 0.0562 e. The smallest absolute Gasteiger partial charge is 0.0562 e. The molecule has 2 N–H and O–H groups in total. The molecule has 1 aromatic rings. The second-order valence-corrected chi connectivity index (χ2v) is 5.08. The fourth-order valence-electron chi connectivity index (χ4n) is 1.38. The first-order valence-electron chi connectivity index (χ1n) is 5.42. The van der Waals surface area contributed by atoms with E-state index in [1.54, 1.807) is 11.8 Å². The van der Waals surface area contributed by atoms with E-state index in [4.69, 9.17) is 17.3 Å². The van der Waals surface area contributed by atoms with Crippen LogP contribution in [0, 0.1) is 0 Å². The van der Waals surface area contributed by atoms with Crippen molar-refractivity contribution in [1.29, 1.82) is 0 Å². The molecule has 0 amide bonds. The molecular formula is C12H18ClNS. The van der Waals surface area contributed by atoms with Crippen LogP contribution in [0.15, 0.2) is 23.1 Å². The summed E-state index contributed by atoms with van der Waals surface area (Å²) in [5.41, 5.74) is 6.65. The van der Waals surface area contributed by atoms with Crippen molar-refractivity contribution in [3.63, 3.8) is 0 Å². The lowest BCUT2D eigenvalue weighted by molar-refractivity contribution is 0.706. The van der Waals surface area contributed by atoms with Gasteiger partial charge in [-0.05, 0) is 24.3 Å². The van der Waals surface area contributed by atoms with Crippen LogP contribution in [0.1, 0.15) is 32.6 Å². The Kier molecular flexibility index (Phi) is 5.96. The molecule has 3 heteroatoms. The Labute approximate surface area is 101 Å². The number of nitrogens with two attached hydrogens (primary N) is 1. The minimum Gasteiger partial charge on any atom is -0.398 e. The summed E-state index contributed by atoms with van der Waals surface area (Å²) in [6, 6.07) is 5.69. The standard InChI is InChI=1S/C12H18ClNS/c1-2-3-4-5-9-15-12-10(13)7-6-8-11(12)14/h6-8H,2-5,9,14H2,1H3. The molecule has 0 saturated heterocycles. The van der Waals surface area contributed by atoms with Crippen molar-refractivity contribution < 1.29 is 0 Å². The molecule has 1 aromatic carbocycles. The third-order valence-electron chi connectivity index (χ3n) is 2.24. The van der Waals surface area contributed by atoms with E-state index in [0.29, 0.717) is 0 Å². The number of hydrogen-bond donors (Lipinski definition) is 1. The normalized spacial score (nSPS) is 10.5. The maximum absolute atomic E-state index is 6.07. The van der Waals surface area contributed by atoms with Gasteiger partial charge >= 0.3 is 0 Å². The maximum atomic E-state index is 6.07. The van der Waals surface area contributed by atoms with Crippen molar-refractivity contribution in [2.75, 3.05) is 11.5 Å². The molecule has 0 aliphatic carbocycles. The molecular weight excluding hydrogens is 226 g/mol. The molecule has 1 rings (SSSR count). The molecule has 0 radical (unpaired) electrons. The molecule has 0 bridgehead atoms. The number of nitrogen functional groups attached to an aromatic ring is 1. The van der Waals surface area contributed by atoms with Gasteiger partial charge in [-0.2, -0.15) is 0 Å². The average Bonchev–Trinajstić information content (AvgIpc) is 2.21. The molecule has 15 heavy (non-hydrogen) atoms. The van der Waals surface area contributed by atoms with Crippen molar-refractivity contribution in [2.24, 2.45) is 0 Å². The first-order valence-corrected chi connectivity index (χ1v) is 6.79. The Hall–Kier alpha value is -0.340. The van der Waals surface area contributed by atoms with Gasteiger partial charge in [-0.15, -0.1) is 11.8 Å². The van der Waals surface area contributed by atoms with Crippen molar-refractivity contribution in [3.8, 4) is 0 Å². The van der Waals surface area contributed by atoms with Gasteiger partial charge in [-0.1, -0.05) is 43.9 Å². The van der Waals surface area contributed by atoms with Crippen LogP contribution in [0.25, 0.3) is 0 Å². The highest BCUT2D eigenvalue weighted by Gasteiger charge is 2.04. The first-order chi connectivity index (χ1) is 7.25. The Bertz CT molecular complexity index is 281. The minimum atomic E-state index is 0.774. The monoisotopic (exact) mass is 243 g/mol. The summed E-state index contributed by atoms with van der Waals surface area (Å²) < 4.78 is 0. The number of unbranched alkanes of at least 4 members (excludes halogenated alkanes) is 3. The zero-order valence-electron chi connectivity index (χ0n) is 9.13. The predicted octanol–water partition coefficient (Wildman–Crippen LogP) is 4.59. The molecule has 1 nitrogen and oxygen atoms in total. The number of anilines is 1. The second kappa shape index (κ2) is 7.02. The predicted molar refractivity (Wildman–Crippen MR) is 70.7 cm³/mol. The van der Waals surface area contributed by atoms with E-state index in [9.17, 15) is 0 Å². The van der Waals surface area contributed by atoms with Crippen LogP contribution in [-0.4, -0.2) is 5.75 Å². The molecule has 0 saturated carbocycles. The Morgan fingerprint density at radius 3 is 2.73 bits per heavy atom. The highest BCUT2D eigenvalue weighted by atomic mass is 35.5. The number of rotatable bonds is 6. The zero-order chi connectivity index (χ0) is 11.1. The van der Waals surface area contributed by atoms with Gasteiger partial charge < -0.3 is 5.73 Å². The lowest BCUT2D eigenvalue weighted by Gasteiger charge is -2.06. The van der Waals surface area contributed by atoms with E-state index in [2.05, 4.69) is 6.92 Å². The lowest BCUT2D eigenvalue weighted by Crippen LogP contribution is -1.90. The van der Waals surface area contributed by atoms with Crippen LogP contribution in [0.2, 0.25) is 5.02 Å². The van der Waals surface area contributed by atoms with Gasteiger partial charge in [0, 0.05) is 10.6 Å². The third kappa shape index (κ3) is 4.35. The summed E-state index contributed by atoms with van der Waals surface area (Å²) in [7, 11) is 0. The molecule has 0 spiro atoms. The van der Waals surface area contributed by atoms with E-state index in [1.807, 2.05) is 18.2 Å². The van der Waals surface area contributed by atoms with Crippen LogP contribution < -0.4 is 5.73 Å². The molecule has 84 valence electrons. The van der Waals surface area contributed by atoms with Crippen LogP contribution in [0.3, 0.4) is 0 Å². The molecule has 0 heterocycles. The fourth-order valence-corrected chi connectivity index (χ4v) is 2.72. The van der Waals surface area contributed by atoms with Gasteiger partial charge in [0.1, 0.15) is 0 Å².